The van der Waals surface area contributed by atoms with Gasteiger partial charge in [0.25, 0.3) is 0 Å². The Balaban J connectivity index is 1.98. The SMILES string of the molecule is CCOC(=O)N1CCC(N(CC(=O)Nc2cc(C)on2)S(C)(=O)=O)CC1. The molecule has 146 valence electrons. The molecule has 26 heavy (non-hydrogen) atoms. The molecule has 0 atom stereocenters. The van der Waals surface area contributed by atoms with Gasteiger partial charge >= 0.3 is 6.09 Å². The number of aromatic nitrogens is 1. The maximum absolute atomic E-state index is 12.2. The van der Waals surface area contributed by atoms with E-state index in [1.54, 1.807) is 24.8 Å². The van der Waals surface area contributed by atoms with Crippen molar-refractivity contribution in [3.05, 3.63) is 11.8 Å². The van der Waals surface area contributed by atoms with Crippen LogP contribution in [0.4, 0.5) is 10.6 Å². The molecule has 0 unspecified atom stereocenters. The summed E-state index contributed by atoms with van der Waals surface area (Å²) in [6, 6.07) is 1.18. The number of anilines is 1. The summed E-state index contributed by atoms with van der Waals surface area (Å²) in [6.45, 7) is 4.12. The van der Waals surface area contributed by atoms with Crippen LogP contribution in [0.15, 0.2) is 10.6 Å². The van der Waals surface area contributed by atoms with E-state index in [4.69, 9.17) is 9.26 Å². The molecule has 2 amide bonds. The monoisotopic (exact) mass is 388 g/mol. The topological polar surface area (TPSA) is 122 Å². The van der Waals surface area contributed by atoms with Gasteiger partial charge in [-0.1, -0.05) is 5.16 Å². The van der Waals surface area contributed by atoms with Gasteiger partial charge in [0, 0.05) is 25.2 Å². The summed E-state index contributed by atoms with van der Waals surface area (Å²) in [6.07, 6.45) is 1.53. The number of carbonyl (C=O) groups excluding carboxylic acids is 2. The van der Waals surface area contributed by atoms with Crippen LogP contribution in [0.3, 0.4) is 0 Å². The fraction of sp³-hybridized carbons (Fsp3) is 0.667. The second kappa shape index (κ2) is 8.49. The Hall–Kier alpha value is -2.14. The van der Waals surface area contributed by atoms with E-state index in [1.807, 2.05) is 0 Å². The first-order chi connectivity index (χ1) is 12.2. The van der Waals surface area contributed by atoms with Crippen LogP contribution in [0.1, 0.15) is 25.5 Å². The molecule has 2 rings (SSSR count). The van der Waals surface area contributed by atoms with Crippen LogP contribution in [0.2, 0.25) is 0 Å². The zero-order chi connectivity index (χ0) is 19.3. The highest BCUT2D eigenvalue weighted by atomic mass is 32.2. The number of nitrogens with one attached hydrogen (secondary N) is 1. The predicted octanol–water partition coefficient (Wildman–Crippen LogP) is 0.804. The van der Waals surface area contributed by atoms with Gasteiger partial charge in [0.15, 0.2) is 5.82 Å². The summed E-state index contributed by atoms with van der Waals surface area (Å²) in [5.74, 6) is 0.265. The third-order valence-corrected chi connectivity index (χ3v) is 5.30. The van der Waals surface area contributed by atoms with Crippen molar-refractivity contribution in [2.45, 2.75) is 32.7 Å². The molecule has 1 aromatic heterocycles. The van der Waals surface area contributed by atoms with Crippen LogP contribution in [-0.2, 0) is 19.6 Å². The average Bonchev–Trinajstić information content (AvgIpc) is 2.97. The van der Waals surface area contributed by atoms with Crippen molar-refractivity contribution in [2.75, 3.05) is 37.8 Å². The minimum absolute atomic E-state index is 0.234. The van der Waals surface area contributed by atoms with Gasteiger partial charge in [0.2, 0.25) is 15.9 Å². The molecule has 11 heteroatoms. The van der Waals surface area contributed by atoms with Gasteiger partial charge in [-0.15, -0.1) is 0 Å². The lowest BCUT2D eigenvalue weighted by Crippen LogP contribution is -2.50. The van der Waals surface area contributed by atoms with Gasteiger partial charge in [0.05, 0.1) is 19.4 Å². The molecule has 2 heterocycles. The van der Waals surface area contributed by atoms with Gasteiger partial charge in [-0.25, -0.2) is 13.2 Å². The smallest absolute Gasteiger partial charge is 0.409 e. The normalized spacial score (nSPS) is 15.9. The number of ether oxygens (including phenoxy) is 1. The Morgan fingerprint density at radius 2 is 2.08 bits per heavy atom. The summed E-state index contributed by atoms with van der Waals surface area (Å²) in [7, 11) is -3.60. The molecule has 0 spiro atoms. The molecule has 10 nitrogen and oxygen atoms in total. The number of carbonyl (C=O) groups is 2. The molecule has 1 aliphatic heterocycles. The minimum Gasteiger partial charge on any atom is -0.450 e. The minimum atomic E-state index is -3.60. The van der Waals surface area contributed by atoms with E-state index in [0.29, 0.717) is 31.7 Å². The fourth-order valence-electron chi connectivity index (χ4n) is 2.82. The zero-order valence-corrected chi connectivity index (χ0v) is 15.9. The Bertz CT molecular complexity index is 739. The molecule has 0 radical (unpaired) electrons. The number of rotatable bonds is 6. The fourth-order valence-corrected chi connectivity index (χ4v) is 3.92. The highest BCUT2D eigenvalue weighted by Gasteiger charge is 2.33. The number of sulfonamides is 1. The maximum atomic E-state index is 12.2. The first-order valence-corrected chi connectivity index (χ1v) is 10.2. The van der Waals surface area contributed by atoms with Crippen LogP contribution in [-0.4, -0.2) is 73.3 Å². The molecular formula is C15H24N4O6S. The molecule has 0 saturated carbocycles. The van der Waals surface area contributed by atoms with Crippen LogP contribution in [0.25, 0.3) is 0 Å². The molecule has 1 fully saturated rings. The number of hydrogen-bond donors (Lipinski definition) is 1. The van der Waals surface area contributed by atoms with Crippen molar-refractivity contribution in [1.29, 1.82) is 0 Å². The van der Waals surface area contributed by atoms with Crippen LogP contribution in [0.5, 0.6) is 0 Å². The van der Waals surface area contributed by atoms with E-state index in [2.05, 4.69) is 10.5 Å². The number of aryl methyl sites for hydroxylation is 1. The van der Waals surface area contributed by atoms with E-state index in [1.165, 1.54) is 0 Å². The van der Waals surface area contributed by atoms with E-state index in [9.17, 15) is 18.0 Å². The first-order valence-electron chi connectivity index (χ1n) is 8.32. The maximum Gasteiger partial charge on any atom is 0.409 e. The number of piperidine rings is 1. The molecule has 0 aliphatic carbocycles. The molecule has 1 aromatic rings. The molecule has 1 saturated heterocycles. The molecule has 0 bridgehead atoms. The lowest BCUT2D eigenvalue weighted by Gasteiger charge is -2.36. The Morgan fingerprint density at radius 3 is 2.58 bits per heavy atom. The second-order valence-electron chi connectivity index (χ2n) is 6.10. The third kappa shape index (κ3) is 5.43. The van der Waals surface area contributed by atoms with Gasteiger partial charge < -0.3 is 19.5 Å². The summed E-state index contributed by atoms with van der Waals surface area (Å²) < 4.78 is 35.3. The lowest BCUT2D eigenvalue weighted by atomic mass is 10.1. The number of likely N-dealkylation sites (tertiary alicyclic amines) is 1. The van der Waals surface area contributed by atoms with Crippen molar-refractivity contribution >= 4 is 27.8 Å². The largest absolute Gasteiger partial charge is 0.450 e. The Labute approximate surface area is 152 Å². The van der Waals surface area contributed by atoms with Crippen molar-refractivity contribution in [3.8, 4) is 0 Å². The van der Waals surface area contributed by atoms with Crippen LogP contribution >= 0.6 is 0 Å². The highest BCUT2D eigenvalue weighted by molar-refractivity contribution is 7.88. The highest BCUT2D eigenvalue weighted by Crippen LogP contribution is 2.20. The van der Waals surface area contributed by atoms with Gasteiger partial charge in [0.1, 0.15) is 5.76 Å². The van der Waals surface area contributed by atoms with Crippen molar-refractivity contribution in [2.24, 2.45) is 0 Å². The first kappa shape index (κ1) is 20.2. The van der Waals surface area contributed by atoms with Crippen LogP contribution in [0, 0.1) is 6.92 Å². The second-order valence-corrected chi connectivity index (χ2v) is 8.03. The molecule has 0 aromatic carbocycles. The summed E-state index contributed by atoms with van der Waals surface area (Å²) >= 11 is 0. The van der Waals surface area contributed by atoms with Gasteiger partial charge in [-0.3, -0.25) is 4.79 Å². The van der Waals surface area contributed by atoms with Crippen LogP contribution < -0.4 is 5.32 Å². The summed E-state index contributed by atoms with van der Waals surface area (Å²) in [5.41, 5.74) is 0. The Morgan fingerprint density at radius 1 is 1.42 bits per heavy atom. The summed E-state index contributed by atoms with van der Waals surface area (Å²) in [4.78, 5) is 25.5. The third-order valence-electron chi connectivity index (χ3n) is 4.02. The van der Waals surface area contributed by atoms with E-state index in [-0.39, 0.29) is 25.0 Å². The zero-order valence-electron chi connectivity index (χ0n) is 15.1. The Kier molecular flexibility index (Phi) is 6.59. The number of hydrogen-bond acceptors (Lipinski definition) is 7. The quantitative estimate of drug-likeness (QED) is 0.765. The number of nitrogens with zero attached hydrogens (tertiary/aromatic N) is 3. The van der Waals surface area contributed by atoms with Gasteiger partial charge in [-0.05, 0) is 26.7 Å². The molecular weight excluding hydrogens is 364 g/mol. The van der Waals surface area contributed by atoms with Crippen molar-refractivity contribution in [3.63, 3.8) is 0 Å². The summed E-state index contributed by atoms with van der Waals surface area (Å²) in [5, 5.41) is 6.17. The number of amides is 2. The van der Waals surface area contributed by atoms with E-state index < -0.39 is 22.0 Å². The van der Waals surface area contributed by atoms with Crippen molar-refractivity contribution in [1.82, 2.24) is 14.4 Å². The molecule has 1 aliphatic rings. The average molecular weight is 388 g/mol. The standard InChI is InChI=1S/C15H24N4O6S/c1-4-24-15(21)18-7-5-12(6-8-18)19(26(3,22)23)10-14(20)16-13-9-11(2)25-17-13/h9,12H,4-8,10H2,1-3H3,(H,16,17,20). The predicted molar refractivity (Wildman–Crippen MR) is 93.0 cm³/mol. The van der Waals surface area contributed by atoms with Gasteiger partial charge in [-0.2, -0.15) is 4.31 Å². The lowest BCUT2D eigenvalue weighted by molar-refractivity contribution is -0.116. The van der Waals surface area contributed by atoms with Crippen molar-refractivity contribution < 1.29 is 27.3 Å². The van der Waals surface area contributed by atoms with E-state index >= 15 is 0 Å². The molecule has 1 N–H and O–H groups in total. The van der Waals surface area contributed by atoms with E-state index in [0.717, 1.165) is 10.6 Å².